The number of nitrogens with zero attached hydrogens (tertiary/aromatic N) is 5. The molecule has 0 spiro atoms. The van der Waals surface area contributed by atoms with Gasteiger partial charge < -0.3 is 16.0 Å². The minimum atomic E-state index is -0.204. The fraction of sp³-hybridized carbons (Fsp3) is 0.368. The van der Waals surface area contributed by atoms with E-state index in [2.05, 4.69) is 36.0 Å². The van der Waals surface area contributed by atoms with Crippen molar-refractivity contribution in [2.75, 3.05) is 25.5 Å². The number of guanidine groups is 1. The highest BCUT2D eigenvalue weighted by Gasteiger charge is 2.10. The van der Waals surface area contributed by atoms with Crippen molar-refractivity contribution in [2.24, 2.45) is 12.0 Å². The van der Waals surface area contributed by atoms with Crippen LogP contribution in [0.25, 0.3) is 11.0 Å². The summed E-state index contributed by atoms with van der Waals surface area (Å²) in [7, 11) is 3.55. The maximum Gasteiger partial charge on any atom is 0.191 e. The fourth-order valence-corrected chi connectivity index (χ4v) is 2.83. The van der Waals surface area contributed by atoms with Crippen LogP contribution in [0, 0.1) is 12.7 Å². The Labute approximate surface area is 163 Å². The molecule has 3 rings (SSSR count). The van der Waals surface area contributed by atoms with Crippen LogP contribution in [0.3, 0.4) is 0 Å². The van der Waals surface area contributed by atoms with Crippen molar-refractivity contribution < 1.29 is 4.39 Å². The van der Waals surface area contributed by atoms with Gasteiger partial charge in [-0.1, -0.05) is 12.1 Å². The quantitative estimate of drug-likeness (QED) is 0.343. The molecule has 8 nitrogen and oxygen atoms in total. The van der Waals surface area contributed by atoms with E-state index in [0.717, 1.165) is 22.4 Å². The third kappa shape index (κ3) is 4.36. The molecule has 0 amide bonds. The standard InChI is InChI=1S/C19H25FN8/c1-12-5-6-14(9-16(12)20)13(2)27-19(21-3)23-8-7-22-17-15-10-26-28(4)18(15)25-11-24-17/h5-6,9-11,13H,7-8H2,1-4H3,(H2,21,23,27)(H,22,24,25). The highest BCUT2D eigenvalue weighted by Crippen LogP contribution is 2.17. The molecule has 0 aliphatic carbocycles. The Morgan fingerprint density at radius 3 is 2.86 bits per heavy atom. The van der Waals surface area contributed by atoms with Crippen LogP contribution in [0.2, 0.25) is 0 Å². The van der Waals surface area contributed by atoms with Gasteiger partial charge in [-0.05, 0) is 31.0 Å². The van der Waals surface area contributed by atoms with Crippen LogP contribution in [0.1, 0.15) is 24.1 Å². The maximum atomic E-state index is 13.8. The second-order valence-corrected chi connectivity index (χ2v) is 6.53. The van der Waals surface area contributed by atoms with E-state index in [9.17, 15) is 4.39 Å². The van der Waals surface area contributed by atoms with Gasteiger partial charge in [0.15, 0.2) is 11.6 Å². The molecule has 2 aromatic heterocycles. The van der Waals surface area contributed by atoms with Crippen molar-refractivity contribution in [3.63, 3.8) is 0 Å². The topological polar surface area (TPSA) is 92.1 Å². The van der Waals surface area contributed by atoms with Gasteiger partial charge in [-0.2, -0.15) is 5.10 Å². The van der Waals surface area contributed by atoms with Crippen LogP contribution in [0.15, 0.2) is 35.7 Å². The van der Waals surface area contributed by atoms with Gasteiger partial charge in [0.1, 0.15) is 18.0 Å². The summed E-state index contributed by atoms with van der Waals surface area (Å²) in [5.74, 6) is 1.18. The van der Waals surface area contributed by atoms with Crippen molar-refractivity contribution in [1.29, 1.82) is 0 Å². The number of benzene rings is 1. The number of aryl methyl sites for hydroxylation is 2. The van der Waals surface area contributed by atoms with Gasteiger partial charge >= 0.3 is 0 Å². The fourth-order valence-electron chi connectivity index (χ4n) is 2.83. The first-order chi connectivity index (χ1) is 13.5. The number of hydrogen-bond donors (Lipinski definition) is 3. The van der Waals surface area contributed by atoms with E-state index in [1.54, 1.807) is 37.0 Å². The van der Waals surface area contributed by atoms with Gasteiger partial charge in [-0.25, -0.2) is 14.4 Å². The zero-order chi connectivity index (χ0) is 20.1. The molecule has 0 saturated heterocycles. The summed E-state index contributed by atoms with van der Waals surface area (Å²) >= 11 is 0. The number of nitrogens with one attached hydrogen (secondary N) is 3. The number of aliphatic imine (C=N–C) groups is 1. The Morgan fingerprint density at radius 2 is 2.11 bits per heavy atom. The summed E-state index contributed by atoms with van der Waals surface area (Å²) < 4.78 is 15.5. The first-order valence-electron chi connectivity index (χ1n) is 9.09. The highest BCUT2D eigenvalue weighted by molar-refractivity contribution is 5.86. The van der Waals surface area contributed by atoms with Crippen LogP contribution in [-0.2, 0) is 7.05 Å². The monoisotopic (exact) mass is 384 g/mol. The van der Waals surface area contributed by atoms with Crippen LogP contribution in [0.4, 0.5) is 10.2 Å². The number of halogens is 1. The smallest absolute Gasteiger partial charge is 0.191 e. The van der Waals surface area contributed by atoms with E-state index in [-0.39, 0.29) is 11.9 Å². The number of rotatable bonds is 6. The van der Waals surface area contributed by atoms with E-state index in [4.69, 9.17) is 0 Å². The number of aromatic nitrogens is 4. The number of anilines is 1. The van der Waals surface area contributed by atoms with E-state index in [1.807, 2.05) is 20.0 Å². The first-order valence-corrected chi connectivity index (χ1v) is 9.09. The van der Waals surface area contributed by atoms with E-state index in [1.165, 1.54) is 6.33 Å². The van der Waals surface area contributed by atoms with Crippen molar-refractivity contribution in [3.8, 4) is 0 Å². The lowest BCUT2D eigenvalue weighted by Gasteiger charge is -2.19. The Hall–Kier alpha value is -3.23. The van der Waals surface area contributed by atoms with Gasteiger partial charge in [-0.15, -0.1) is 0 Å². The Bertz CT molecular complexity index is 981. The Balaban J connectivity index is 1.52. The molecule has 1 unspecified atom stereocenters. The molecule has 148 valence electrons. The second-order valence-electron chi connectivity index (χ2n) is 6.53. The van der Waals surface area contributed by atoms with Gasteiger partial charge in [0.05, 0.1) is 17.6 Å². The summed E-state index contributed by atoms with van der Waals surface area (Å²) in [6, 6.07) is 5.17. The van der Waals surface area contributed by atoms with Gasteiger partial charge in [-0.3, -0.25) is 9.67 Å². The molecular formula is C19H25FN8. The molecule has 0 saturated carbocycles. The van der Waals surface area contributed by atoms with E-state index >= 15 is 0 Å². The highest BCUT2D eigenvalue weighted by atomic mass is 19.1. The lowest BCUT2D eigenvalue weighted by molar-refractivity contribution is 0.607. The van der Waals surface area contributed by atoms with E-state index < -0.39 is 0 Å². The average molecular weight is 384 g/mol. The largest absolute Gasteiger partial charge is 0.368 e. The Kier molecular flexibility index (Phi) is 6.03. The third-order valence-corrected chi connectivity index (χ3v) is 4.51. The molecule has 2 heterocycles. The van der Waals surface area contributed by atoms with Gasteiger partial charge in [0.2, 0.25) is 0 Å². The average Bonchev–Trinajstić information content (AvgIpc) is 3.08. The molecule has 0 radical (unpaired) electrons. The van der Waals surface area contributed by atoms with Crippen LogP contribution < -0.4 is 16.0 Å². The predicted molar refractivity (Wildman–Crippen MR) is 109 cm³/mol. The second kappa shape index (κ2) is 8.64. The molecule has 1 aromatic carbocycles. The number of fused-ring (bicyclic) bond motifs is 1. The van der Waals surface area contributed by atoms with Gasteiger partial charge in [0.25, 0.3) is 0 Å². The van der Waals surface area contributed by atoms with Crippen molar-refractivity contribution in [2.45, 2.75) is 19.9 Å². The molecule has 28 heavy (non-hydrogen) atoms. The summed E-state index contributed by atoms with van der Waals surface area (Å²) in [6.07, 6.45) is 3.26. The predicted octanol–water partition coefficient (Wildman–Crippen LogP) is 2.15. The molecular weight excluding hydrogens is 359 g/mol. The minimum absolute atomic E-state index is 0.0776. The van der Waals surface area contributed by atoms with Crippen molar-refractivity contribution in [3.05, 3.63) is 47.7 Å². The van der Waals surface area contributed by atoms with Crippen molar-refractivity contribution in [1.82, 2.24) is 30.4 Å². The lowest BCUT2D eigenvalue weighted by Crippen LogP contribution is -2.40. The lowest BCUT2D eigenvalue weighted by atomic mass is 10.1. The van der Waals surface area contributed by atoms with Crippen LogP contribution in [0.5, 0.6) is 0 Å². The van der Waals surface area contributed by atoms with Crippen LogP contribution >= 0.6 is 0 Å². The van der Waals surface area contributed by atoms with Crippen molar-refractivity contribution >= 4 is 22.8 Å². The van der Waals surface area contributed by atoms with Crippen LogP contribution in [-0.4, -0.2) is 45.8 Å². The zero-order valence-corrected chi connectivity index (χ0v) is 16.5. The molecule has 9 heteroatoms. The summed E-state index contributed by atoms with van der Waals surface area (Å²) in [6.45, 7) is 4.98. The molecule has 0 aliphatic rings. The molecule has 1 atom stereocenters. The first kappa shape index (κ1) is 19.5. The molecule has 3 aromatic rings. The third-order valence-electron chi connectivity index (χ3n) is 4.51. The molecule has 0 fully saturated rings. The normalized spacial score (nSPS) is 12.8. The van der Waals surface area contributed by atoms with E-state index in [0.29, 0.717) is 24.6 Å². The Morgan fingerprint density at radius 1 is 1.29 bits per heavy atom. The SMILES string of the molecule is CN=C(NCCNc1ncnc2c1cnn2C)NC(C)c1ccc(C)c(F)c1. The molecule has 3 N–H and O–H groups in total. The molecule has 0 bridgehead atoms. The van der Waals surface area contributed by atoms with Gasteiger partial charge in [0, 0.05) is 27.2 Å². The summed E-state index contributed by atoms with van der Waals surface area (Å²) in [4.78, 5) is 12.7. The number of hydrogen-bond acceptors (Lipinski definition) is 5. The summed E-state index contributed by atoms with van der Waals surface area (Å²) in [5.41, 5.74) is 2.28. The maximum absolute atomic E-state index is 13.8. The molecule has 0 aliphatic heterocycles. The zero-order valence-electron chi connectivity index (χ0n) is 16.5. The minimum Gasteiger partial charge on any atom is -0.368 e. The summed E-state index contributed by atoms with van der Waals surface area (Å²) in [5, 5.41) is 14.9.